The molecule has 1 aliphatic carbocycles. The molecular formula is C18H24FN3O. The maximum absolute atomic E-state index is 13.1. The first kappa shape index (κ1) is 16.0. The number of nitrogens with one attached hydrogen (secondary N) is 1. The predicted molar refractivity (Wildman–Crippen MR) is 87.7 cm³/mol. The first-order chi connectivity index (χ1) is 11.2. The van der Waals surface area contributed by atoms with Crippen LogP contribution in [0.2, 0.25) is 0 Å². The molecule has 3 rings (SSSR count). The Bertz CT molecular complexity index is 661. The fraction of sp³-hybridized carbons (Fsp3) is 0.556. The molecule has 23 heavy (non-hydrogen) atoms. The molecule has 1 amide bonds. The predicted octanol–water partition coefficient (Wildman–Crippen LogP) is 3.49. The highest BCUT2D eigenvalue weighted by Gasteiger charge is 2.14. The standard InChI is InChI=1S/C18H24FN3O/c19-15-7-8-17-21-16(13-22(17)12-15)10-11-20-18(23)9-6-14-4-2-1-3-5-14/h7-8,12-14H,1-6,9-11H2,(H,20,23). The van der Waals surface area contributed by atoms with Crippen molar-refractivity contribution in [3.63, 3.8) is 0 Å². The topological polar surface area (TPSA) is 46.4 Å². The molecule has 0 atom stereocenters. The van der Waals surface area contributed by atoms with Crippen molar-refractivity contribution >= 4 is 11.6 Å². The molecular weight excluding hydrogens is 293 g/mol. The number of hydrogen-bond donors (Lipinski definition) is 1. The lowest BCUT2D eigenvalue weighted by atomic mass is 9.86. The van der Waals surface area contributed by atoms with E-state index >= 15 is 0 Å². The fourth-order valence-corrected chi connectivity index (χ4v) is 3.37. The Morgan fingerprint density at radius 3 is 2.91 bits per heavy atom. The smallest absolute Gasteiger partial charge is 0.220 e. The van der Waals surface area contributed by atoms with Gasteiger partial charge in [0.05, 0.1) is 5.69 Å². The van der Waals surface area contributed by atoms with Gasteiger partial charge in [-0.3, -0.25) is 4.79 Å². The Labute approximate surface area is 136 Å². The van der Waals surface area contributed by atoms with Crippen molar-refractivity contribution in [1.29, 1.82) is 0 Å². The number of imidazole rings is 1. The number of halogens is 1. The van der Waals surface area contributed by atoms with Crippen molar-refractivity contribution in [2.75, 3.05) is 6.54 Å². The normalized spacial score (nSPS) is 15.9. The number of rotatable bonds is 6. The van der Waals surface area contributed by atoms with Crippen molar-refractivity contribution in [2.24, 2.45) is 5.92 Å². The van der Waals surface area contributed by atoms with Crippen LogP contribution in [0.4, 0.5) is 4.39 Å². The van der Waals surface area contributed by atoms with Gasteiger partial charge in [0.2, 0.25) is 5.91 Å². The zero-order chi connectivity index (χ0) is 16.1. The van der Waals surface area contributed by atoms with Crippen LogP contribution in [0.15, 0.2) is 24.5 Å². The van der Waals surface area contributed by atoms with E-state index in [0.29, 0.717) is 19.4 Å². The van der Waals surface area contributed by atoms with Crippen molar-refractivity contribution in [2.45, 2.75) is 51.4 Å². The molecule has 1 aliphatic rings. The molecule has 0 saturated heterocycles. The van der Waals surface area contributed by atoms with Crippen LogP contribution in [0.1, 0.15) is 50.6 Å². The molecule has 0 aromatic carbocycles. The lowest BCUT2D eigenvalue weighted by Gasteiger charge is -2.20. The van der Waals surface area contributed by atoms with Crippen molar-refractivity contribution in [3.8, 4) is 0 Å². The third kappa shape index (κ3) is 4.53. The number of nitrogens with zero attached hydrogens (tertiary/aromatic N) is 2. The number of hydrogen-bond acceptors (Lipinski definition) is 2. The summed E-state index contributed by atoms with van der Waals surface area (Å²) in [5.41, 5.74) is 1.59. The highest BCUT2D eigenvalue weighted by Crippen LogP contribution is 2.27. The summed E-state index contributed by atoms with van der Waals surface area (Å²) in [6, 6.07) is 3.06. The molecule has 2 aromatic heterocycles. The van der Waals surface area contributed by atoms with Crippen molar-refractivity contribution < 1.29 is 9.18 Å². The Kier molecular flexibility index (Phi) is 5.26. The molecule has 1 N–H and O–H groups in total. The van der Waals surface area contributed by atoms with Gasteiger partial charge in [0.1, 0.15) is 11.5 Å². The largest absolute Gasteiger partial charge is 0.356 e. The van der Waals surface area contributed by atoms with E-state index < -0.39 is 0 Å². The second-order valence-electron chi connectivity index (χ2n) is 6.49. The summed E-state index contributed by atoms with van der Waals surface area (Å²) >= 11 is 0. The highest BCUT2D eigenvalue weighted by molar-refractivity contribution is 5.75. The summed E-state index contributed by atoms with van der Waals surface area (Å²) in [6.07, 6.45) is 12.1. The maximum Gasteiger partial charge on any atom is 0.220 e. The first-order valence-corrected chi connectivity index (χ1v) is 8.60. The molecule has 124 valence electrons. The molecule has 2 heterocycles. The summed E-state index contributed by atoms with van der Waals surface area (Å²) in [4.78, 5) is 16.3. The Morgan fingerprint density at radius 1 is 1.26 bits per heavy atom. The molecule has 4 nitrogen and oxygen atoms in total. The third-order valence-corrected chi connectivity index (χ3v) is 4.67. The minimum Gasteiger partial charge on any atom is -0.356 e. The summed E-state index contributed by atoms with van der Waals surface area (Å²) in [6.45, 7) is 0.579. The Hall–Kier alpha value is -1.91. The molecule has 2 aromatic rings. The van der Waals surface area contributed by atoms with E-state index in [-0.39, 0.29) is 11.7 Å². The van der Waals surface area contributed by atoms with Crippen LogP contribution >= 0.6 is 0 Å². The van der Waals surface area contributed by atoms with E-state index in [2.05, 4.69) is 10.3 Å². The van der Waals surface area contributed by atoms with E-state index in [9.17, 15) is 9.18 Å². The molecule has 0 spiro atoms. The van der Waals surface area contributed by atoms with Gasteiger partial charge in [0.15, 0.2) is 0 Å². The summed E-state index contributed by atoms with van der Waals surface area (Å²) < 4.78 is 14.8. The van der Waals surface area contributed by atoms with Crippen molar-refractivity contribution in [3.05, 3.63) is 36.0 Å². The van der Waals surface area contributed by atoms with Crippen molar-refractivity contribution in [1.82, 2.24) is 14.7 Å². The van der Waals surface area contributed by atoms with E-state index in [1.807, 2.05) is 6.20 Å². The van der Waals surface area contributed by atoms with E-state index in [4.69, 9.17) is 0 Å². The number of carbonyl (C=O) groups is 1. The van der Waals surface area contributed by atoms with Gasteiger partial charge in [-0.05, 0) is 24.5 Å². The van der Waals surface area contributed by atoms with Crippen LogP contribution in [0, 0.1) is 11.7 Å². The number of pyridine rings is 1. The van der Waals surface area contributed by atoms with Crippen LogP contribution in [0.5, 0.6) is 0 Å². The van der Waals surface area contributed by atoms with E-state index in [1.54, 1.807) is 10.5 Å². The maximum atomic E-state index is 13.1. The first-order valence-electron chi connectivity index (χ1n) is 8.60. The van der Waals surface area contributed by atoms with Gasteiger partial charge in [0.25, 0.3) is 0 Å². The lowest BCUT2D eigenvalue weighted by molar-refractivity contribution is -0.121. The van der Waals surface area contributed by atoms with Crippen LogP contribution < -0.4 is 5.32 Å². The van der Waals surface area contributed by atoms with Gasteiger partial charge in [0, 0.05) is 31.8 Å². The van der Waals surface area contributed by atoms with Gasteiger partial charge in [-0.25, -0.2) is 9.37 Å². The number of fused-ring (bicyclic) bond motifs is 1. The zero-order valence-corrected chi connectivity index (χ0v) is 13.4. The third-order valence-electron chi connectivity index (χ3n) is 4.67. The van der Waals surface area contributed by atoms with Crippen LogP contribution in [-0.2, 0) is 11.2 Å². The summed E-state index contributed by atoms with van der Waals surface area (Å²) in [5, 5.41) is 2.96. The lowest BCUT2D eigenvalue weighted by Crippen LogP contribution is -2.26. The van der Waals surface area contributed by atoms with E-state index in [1.165, 1.54) is 44.4 Å². The number of amides is 1. The zero-order valence-electron chi connectivity index (χ0n) is 13.4. The molecule has 1 saturated carbocycles. The minimum absolute atomic E-state index is 0.130. The number of carbonyl (C=O) groups excluding carboxylic acids is 1. The fourth-order valence-electron chi connectivity index (χ4n) is 3.37. The Morgan fingerprint density at radius 2 is 2.09 bits per heavy atom. The van der Waals surface area contributed by atoms with Crippen LogP contribution in [-0.4, -0.2) is 21.8 Å². The SMILES string of the molecule is O=C(CCC1CCCCC1)NCCc1cn2cc(F)ccc2n1. The van der Waals surface area contributed by atoms with Gasteiger partial charge in [-0.2, -0.15) is 0 Å². The molecule has 1 fully saturated rings. The molecule has 0 radical (unpaired) electrons. The molecule has 5 heteroatoms. The van der Waals surface area contributed by atoms with Crippen LogP contribution in [0.25, 0.3) is 5.65 Å². The van der Waals surface area contributed by atoms with Gasteiger partial charge < -0.3 is 9.72 Å². The molecule has 0 aliphatic heterocycles. The Balaban J connectivity index is 1.40. The van der Waals surface area contributed by atoms with Crippen LogP contribution in [0.3, 0.4) is 0 Å². The quantitative estimate of drug-likeness (QED) is 0.886. The minimum atomic E-state index is -0.280. The van der Waals surface area contributed by atoms with Gasteiger partial charge in [-0.15, -0.1) is 0 Å². The monoisotopic (exact) mass is 317 g/mol. The average Bonchev–Trinajstić information content (AvgIpc) is 2.95. The summed E-state index contributed by atoms with van der Waals surface area (Å²) in [7, 11) is 0. The summed E-state index contributed by atoms with van der Waals surface area (Å²) in [5.74, 6) is 0.589. The highest BCUT2D eigenvalue weighted by atomic mass is 19.1. The molecule has 0 bridgehead atoms. The molecule has 0 unspecified atom stereocenters. The second-order valence-corrected chi connectivity index (χ2v) is 6.49. The van der Waals surface area contributed by atoms with Gasteiger partial charge in [-0.1, -0.05) is 32.1 Å². The average molecular weight is 317 g/mol. The second kappa shape index (κ2) is 7.57. The van der Waals surface area contributed by atoms with Gasteiger partial charge >= 0.3 is 0 Å². The number of aromatic nitrogens is 2. The van der Waals surface area contributed by atoms with E-state index in [0.717, 1.165) is 23.7 Å².